The van der Waals surface area contributed by atoms with Crippen molar-refractivity contribution in [3.8, 4) is 11.5 Å². The van der Waals surface area contributed by atoms with E-state index in [1.54, 1.807) is 0 Å². The first-order chi connectivity index (χ1) is 10.2. The molecule has 1 aliphatic heterocycles. The van der Waals surface area contributed by atoms with Crippen LogP contribution in [0.3, 0.4) is 0 Å². The lowest BCUT2D eigenvalue weighted by atomic mass is 10.1. The molecule has 1 aromatic heterocycles. The van der Waals surface area contributed by atoms with Gasteiger partial charge in [-0.05, 0) is 36.8 Å². The van der Waals surface area contributed by atoms with Gasteiger partial charge in [0.1, 0.15) is 18.1 Å². The molecule has 1 aromatic carbocycles. The second kappa shape index (κ2) is 6.24. The van der Waals surface area contributed by atoms with Crippen molar-refractivity contribution in [3.63, 3.8) is 0 Å². The summed E-state index contributed by atoms with van der Waals surface area (Å²) in [6.07, 6.45) is 0.904. The first-order valence-corrected chi connectivity index (χ1v) is 8.26. The topological polar surface area (TPSA) is 31.4 Å². The maximum absolute atomic E-state index is 6.16. The first kappa shape index (κ1) is 14.7. The van der Waals surface area contributed by atoms with Crippen molar-refractivity contribution < 1.29 is 9.47 Å². The zero-order valence-corrected chi connectivity index (χ0v) is 14.0. The number of hydrogen-bond acceptors (Lipinski definition) is 3. The van der Waals surface area contributed by atoms with E-state index in [0.717, 1.165) is 45.5 Å². The van der Waals surface area contributed by atoms with Crippen molar-refractivity contribution in [2.45, 2.75) is 25.3 Å². The Bertz CT molecular complexity index is 676. The minimum Gasteiger partial charge on any atom is -0.493 e. The third-order valence-corrected chi connectivity index (χ3v) is 4.16. The Hall–Kier alpha value is -1.26. The van der Waals surface area contributed by atoms with E-state index in [4.69, 9.17) is 21.1 Å². The molecule has 0 N–H and O–H groups in total. The number of benzene rings is 1. The summed E-state index contributed by atoms with van der Waals surface area (Å²) in [5.74, 6) is 1.70. The molecule has 110 valence electrons. The molecule has 0 aliphatic carbocycles. The van der Waals surface area contributed by atoms with Gasteiger partial charge in [-0.2, -0.15) is 0 Å². The third-order valence-electron chi connectivity index (χ3n) is 3.41. The van der Waals surface area contributed by atoms with Crippen molar-refractivity contribution in [1.29, 1.82) is 0 Å². The summed E-state index contributed by atoms with van der Waals surface area (Å²) in [7, 11) is 0. The summed E-state index contributed by atoms with van der Waals surface area (Å²) >= 11 is 9.60. The molecule has 0 bridgehead atoms. The van der Waals surface area contributed by atoms with E-state index in [1.807, 2.05) is 31.2 Å². The van der Waals surface area contributed by atoms with Crippen LogP contribution in [0.15, 0.2) is 24.3 Å². The number of aryl methyl sites for hydroxylation is 1. The molecule has 0 unspecified atom stereocenters. The quantitative estimate of drug-likeness (QED) is 0.747. The fraction of sp³-hybridized carbons (Fsp3) is 0.312. The molecule has 0 radical (unpaired) electrons. The number of alkyl halides is 1. The predicted octanol–water partition coefficient (Wildman–Crippen LogP) is 4.45. The van der Waals surface area contributed by atoms with Crippen LogP contribution >= 0.6 is 27.5 Å². The average molecular weight is 369 g/mol. The number of ether oxygens (including phenoxy) is 2. The van der Waals surface area contributed by atoms with Crippen LogP contribution in [0.1, 0.15) is 22.5 Å². The van der Waals surface area contributed by atoms with Gasteiger partial charge in [0, 0.05) is 28.0 Å². The maximum Gasteiger partial charge on any atom is 0.142 e. The van der Waals surface area contributed by atoms with E-state index in [-0.39, 0.29) is 0 Å². The normalized spacial score (nSPS) is 12.9. The second-order valence-electron chi connectivity index (χ2n) is 4.97. The smallest absolute Gasteiger partial charge is 0.142 e. The molecule has 0 atom stereocenters. The highest BCUT2D eigenvalue weighted by Gasteiger charge is 2.18. The Morgan fingerprint density at radius 2 is 2.24 bits per heavy atom. The molecular formula is C16H15BrClNO2. The summed E-state index contributed by atoms with van der Waals surface area (Å²) in [5.41, 5.74) is 4.01. The predicted molar refractivity (Wildman–Crippen MR) is 86.6 cm³/mol. The molecular weight excluding hydrogens is 354 g/mol. The van der Waals surface area contributed by atoms with Crippen molar-refractivity contribution in [1.82, 2.24) is 4.98 Å². The SMILES string of the molecule is Cc1ccc(OCc2cc(Cl)cc3c2OCC3)c(CBr)n1. The van der Waals surface area contributed by atoms with Crippen LogP contribution < -0.4 is 9.47 Å². The molecule has 2 heterocycles. The zero-order valence-electron chi connectivity index (χ0n) is 11.7. The van der Waals surface area contributed by atoms with Gasteiger partial charge in [-0.3, -0.25) is 4.98 Å². The van der Waals surface area contributed by atoms with Gasteiger partial charge in [0.2, 0.25) is 0 Å². The van der Waals surface area contributed by atoms with E-state index in [9.17, 15) is 0 Å². The fourth-order valence-corrected chi connectivity index (χ4v) is 3.10. The Morgan fingerprint density at radius 1 is 1.38 bits per heavy atom. The van der Waals surface area contributed by atoms with Crippen LogP contribution in [0, 0.1) is 6.92 Å². The summed E-state index contributed by atoms with van der Waals surface area (Å²) in [5, 5.41) is 1.38. The molecule has 5 heteroatoms. The van der Waals surface area contributed by atoms with Crippen LogP contribution in [0.5, 0.6) is 11.5 Å². The number of halogens is 2. The van der Waals surface area contributed by atoms with E-state index >= 15 is 0 Å². The Morgan fingerprint density at radius 3 is 3.05 bits per heavy atom. The van der Waals surface area contributed by atoms with Crippen LogP contribution in [-0.2, 0) is 18.4 Å². The van der Waals surface area contributed by atoms with Crippen molar-refractivity contribution in [3.05, 3.63) is 51.8 Å². The average Bonchev–Trinajstić information content (AvgIpc) is 2.93. The molecule has 1 aliphatic rings. The standard InChI is InChI=1S/C16H15BrClNO2/c1-10-2-3-15(14(8-17)19-10)21-9-12-7-13(18)6-11-4-5-20-16(11)12/h2-3,6-7H,4-5,8-9H2,1H3. The van der Waals surface area contributed by atoms with Gasteiger partial charge >= 0.3 is 0 Å². The van der Waals surface area contributed by atoms with Crippen molar-refractivity contribution in [2.75, 3.05) is 6.61 Å². The van der Waals surface area contributed by atoms with Crippen LogP contribution in [0.25, 0.3) is 0 Å². The van der Waals surface area contributed by atoms with Gasteiger partial charge in [0.05, 0.1) is 12.3 Å². The van der Waals surface area contributed by atoms with E-state index in [0.29, 0.717) is 18.5 Å². The second-order valence-corrected chi connectivity index (χ2v) is 5.97. The highest BCUT2D eigenvalue weighted by atomic mass is 79.9. The van der Waals surface area contributed by atoms with Crippen molar-refractivity contribution in [2.24, 2.45) is 0 Å². The first-order valence-electron chi connectivity index (χ1n) is 6.77. The van der Waals surface area contributed by atoms with Crippen LogP contribution in [0.4, 0.5) is 0 Å². The molecule has 0 saturated carbocycles. The summed E-state index contributed by atoms with van der Waals surface area (Å²) in [4.78, 5) is 4.46. The lowest BCUT2D eigenvalue weighted by Crippen LogP contribution is -2.02. The van der Waals surface area contributed by atoms with Crippen LogP contribution in [0.2, 0.25) is 5.02 Å². The molecule has 21 heavy (non-hydrogen) atoms. The van der Waals surface area contributed by atoms with Crippen molar-refractivity contribution >= 4 is 27.5 Å². The fourth-order valence-electron chi connectivity index (χ4n) is 2.43. The summed E-state index contributed by atoms with van der Waals surface area (Å²) in [6.45, 7) is 3.10. The van der Waals surface area contributed by atoms with E-state index in [1.165, 1.54) is 0 Å². The minimum atomic E-state index is 0.424. The highest BCUT2D eigenvalue weighted by Crippen LogP contribution is 2.33. The van der Waals surface area contributed by atoms with Gasteiger partial charge in [-0.1, -0.05) is 27.5 Å². The van der Waals surface area contributed by atoms with Gasteiger partial charge in [-0.25, -0.2) is 0 Å². The monoisotopic (exact) mass is 367 g/mol. The van der Waals surface area contributed by atoms with Gasteiger partial charge in [0.25, 0.3) is 0 Å². The van der Waals surface area contributed by atoms with Gasteiger partial charge < -0.3 is 9.47 Å². The lowest BCUT2D eigenvalue weighted by Gasteiger charge is -2.13. The largest absolute Gasteiger partial charge is 0.493 e. The molecule has 0 spiro atoms. The number of pyridine rings is 1. The number of rotatable bonds is 4. The van der Waals surface area contributed by atoms with Gasteiger partial charge in [0.15, 0.2) is 0 Å². The summed E-state index contributed by atoms with van der Waals surface area (Å²) < 4.78 is 11.6. The molecule has 2 aromatic rings. The number of aromatic nitrogens is 1. The minimum absolute atomic E-state index is 0.424. The number of hydrogen-bond donors (Lipinski definition) is 0. The lowest BCUT2D eigenvalue weighted by molar-refractivity contribution is 0.289. The molecule has 0 amide bonds. The Balaban J connectivity index is 1.83. The Labute approximate surface area is 137 Å². The van der Waals surface area contributed by atoms with Gasteiger partial charge in [-0.15, -0.1) is 0 Å². The molecule has 3 nitrogen and oxygen atoms in total. The molecule has 3 rings (SSSR count). The van der Waals surface area contributed by atoms with Crippen LogP contribution in [-0.4, -0.2) is 11.6 Å². The van der Waals surface area contributed by atoms with E-state index < -0.39 is 0 Å². The highest BCUT2D eigenvalue weighted by molar-refractivity contribution is 9.08. The third kappa shape index (κ3) is 3.16. The van der Waals surface area contributed by atoms with E-state index in [2.05, 4.69) is 20.9 Å². The zero-order chi connectivity index (χ0) is 14.8. The molecule has 0 saturated heterocycles. The summed E-state index contributed by atoms with van der Waals surface area (Å²) in [6, 6.07) is 7.76. The number of nitrogens with zero attached hydrogens (tertiary/aromatic N) is 1. The Kier molecular flexibility index (Phi) is 4.36. The number of fused-ring (bicyclic) bond motifs is 1. The maximum atomic E-state index is 6.16. The molecule has 0 fully saturated rings.